The number of nitrogens with one attached hydrogen (secondary N) is 1. The first-order valence-corrected chi connectivity index (χ1v) is 8.17. The molecule has 1 atom stereocenters. The average molecular weight is 344 g/mol. The summed E-state index contributed by atoms with van der Waals surface area (Å²) in [7, 11) is 1.32. The molecule has 0 unspecified atom stereocenters. The van der Waals surface area contributed by atoms with Crippen LogP contribution in [0.3, 0.4) is 0 Å². The summed E-state index contributed by atoms with van der Waals surface area (Å²) < 4.78 is 10.0. The van der Waals surface area contributed by atoms with Crippen LogP contribution in [0.2, 0.25) is 0 Å². The van der Waals surface area contributed by atoms with Crippen LogP contribution in [-0.2, 0) is 16.1 Å². The van der Waals surface area contributed by atoms with E-state index in [1.165, 1.54) is 12.0 Å². The molecular formula is C17H20N4O4. The number of ether oxygens (including phenoxy) is 1. The van der Waals surface area contributed by atoms with Crippen LogP contribution in [0.25, 0.3) is 11.3 Å². The molecule has 8 nitrogen and oxygen atoms in total. The number of nitrogens with zero attached hydrogens (tertiary/aromatic N) is 3. The minimum atomic E-state index is -0.512. The molecule has 0 aromatic carbocycles. The largest absolute Gasteiger partial charge is 0.453 e. The van der Waals surface area contributed by atoms with Gasteiger partial charge in [0.1, 0.15) is 11.7 Å². The Morgan fingerprint density at radius 2 is 2.32 bits per heavy atom. The molecule has 1 aliphatic rings. The molecule has 0 spiro atoms. The summed E-state index contributed by atoms with van der Waals surface area (Å²) in [4.78, 5) is 29.8. The van der Waals surface area contributed by atoms with Crippen LogP contribution in [0, 0.1) is 0 Å². The van der Waals surface area contributed by atoms with Crippen LogP contribution in [0.1, 0.15) is 25.0 Å². The molecule has 2 amide bonds. The van der Waals surface area contributed by atoms with E-state index in [0.717, 1.165) is 18.4 Å². The number of piperidine rings is 1. The maximum absolute atomic E-state index is 12.4. The minimum Gasteiger partial charge on any atom is -0.453 e. The van der Waals surface area contributed by atoms with Gasteiger partial charge in [0.2, 0.25) is 5.91 Å². The second-order valence-corrected chi connectivity index (χ2v) is 5.81. The van der Waals surface area contributed by atoms with Crippen molar-refractivity contribution in [2.75, 3.05) is 13.7 Å². The molecule has 132 valence electrons. The number of likely N-dealkylation sites (tertiary alicyclic amines) is 1. The Bertz CT molecular complexity index is 731. The lowest BCUT2D eigenvalue weighted by molar-refractivity contribution is -0.127. The molecule has 0 radical (unpaired) electrons. The van der Waals surface area contributed by atoms with Gasteiger partial charge in [0.05, 0.1) is 13.7 Å². The molecule has 1 N–H and O–H groups in total. The number of aromatic nitrogens is 2. The first-order valence-electron chi connectivity index (χ1n) is 8.17. The molecule has 3 heterocycles. The summed E-state index contributed by atoms with van der Waals surface area (Å²) in [6.45, 7) is 0.732. The SMILES string of the molecule is COC(=O)N1CCCC[C@H]1C(=O)NCc1cc(-c2cccnc2)no1. The van der Waals surface area contributed by atoms with E-state index in [0.29, 0.717) is 24.4 Å². The van der Waals surface area contributed by atoms with Crippen molar-refractivity contribution in [3.05, 3.63) is 36.4 Å². The summed E-state index contributed by atoms with van der Waals surface area (Å²) >= 11 is 0. The zero-order valence-electron chi connectivity index (χ0n) is 14.0. The quantitative estimate of drug-likeness (QED) is 0.911. The Hall–Kier alpha value is -2.90. The summed E-state index contributed by atoms with van der Waals surface area (Å²) in [5, 5.41) is 6.79. The van der Waals surface area contributed by atoms with Gasteiger partial charge in [0.15, 0.2) is 5.76 Å². The molecule has 2 aromatic heterocycles. The summed E-state index contributed by atoms with van der Waals surface area (Å²) in [6.07, 6.45) is 5.30. The Labute approximate surface area is 145 Å². The predicted molar refractivity (Wildman–Crippen MR) is 88.3 cm³/mol. The number of methoxy groups -OCH3 is 1. The van der Waals surface area contributed by atoms with Crippen LogP contribution in [0.4, 0.5) is 4.79 Å². The number of carbonyl (C=O) groups excluding carboxylic acids is 2. The standard InChI is InChI=1S/C17H20N4O4/c1-24-17(23)21-8-3-2-6-15(21)16(22)19-11-13-9-14(20-25-13)12-5-4-7-18-10-12/h4-5,7,9-10,15H,2-3,6,8,11H2,1H3,(H,19,22)/t15-/m0/s1. The number of hydrogen-bond donors (Lipinski definition) is 1. The molecule has 2 aromatic rings. The van der Waals surface area contributed by atoms with E-state index < -0.39 is 12.1 Å². The normalized spacial score (nSPS) is 17.2. The van der Waals surface area contributed by atoms with E-state index >= 15 is 0 Å². The zero-order chi connectivity index (χ0) is 17.6. The van der Waals surface area contributed by atoms with Crippen LogP contribution < -0.4 is 5.32 Å². The minimum absolute atomic E-state index is 0.206. The zero-order valence-corrected chi connectivity index (χ0v) is 14.0. The van der Waals surface area contributed by atoms with Crippen molar-refractivity contribution in [2.45, 2.75) is 31.8 Å². The van der Waals surface area contributed by atoms with E-state index in [1.807, 2.05) is 12.1 Å². The van der Waals surface area contributed by atoms with Crippen molar-refractivity contribution in [3.63, 3.8) is 0 Å². The first-order chi connectivity index (χ1) is 12.2. The first kappa shape index (κ1) is 16.9. The van der Waals surface area contributed by atoms with Gasteiger partial charge in [0.25, 0.3) is 0 Å². The van der Waals surface area contributed by atoms with Gasteiger partial charge >= 0.3 is 6.09 Å². The van der Waals surface area contributed by atoms with Gasteiger partial charge in [-0.3, -0.25) is 14.7 Å². The molecular weight excluding hydrogens is 324 g/mol. The molecule has 1 fully saturated rings. The molecule has 0 aliphatic carbocycles. The third-order valence-electron chi connectivity index (χ3n) is 4.17. The Morgan fingerprint density at radius 1 is 1.44 bits per heavy atom. The molecule has 0 bridgehead atoms. The van der Waals surface area contributed by atoms with Gasteiger partial charge in [0, 0.05) is 30.6 Å². The highest BCUT2D eigenvalue weighted by atomic mass is 16.5. The predicted octanol–water partition coefficient (Wildman–Crippen LogP) is 1.97. The van der Waals surface area contributed by atoms with Crippen molar-refractivity contribution >= 4 is 12.0 Å². The smallest absolute Gasteiger partial charge is 0.410 e. The highest BCUT2D eigenvalue weighted by Gasteiger charge is 2.32. The number of amides is 2. The number of hydrogen-bond acceptors (Lipinski definition) is 6. The maximum Gasteiger partial charge on any atom is 0.410 e. The fraction of sp³-hybridized carbons (Fsp3) is 0.412. The van der Waals surface area contributed by atoms with E-state index in [9.17, 15) is 9.59 Å². The Kier molecular flexibility index (Phi) is 5.27. The fourth-order valence-electron chi connectivity index (χ4n) is 2.88. The third kappa shape index (κ3) is 3.96. The average Bonchev–Trinajstić information content (AvgIpc) is 3.15. The van der Waals surface area contributed by atoms with Gasteiger partial charge in [-0.2, -0.15) is 0 Å². The molecule has 1 saturated heterocycles. The van der Waals surface area contributed by atoms with Gasteiger partial charge in [-0.1, -0.05) is 5.16 Å². The van der Waals surface area contributed by atoms with Crippen LogP contribution in [0.15, 0.2) is 35.1 Å². The van der Waals surface area contributed by atoms with E-state index in [-0.39, 0.29) is 12.5 Å². The summed E-state index contributed by atoms with van der Waals surface area (Å²) in [5.74, 6) is 0.317. The Morgan fingerprint density at radius 3 is 3.08 bits per heavy atom. The number of rotatable bonds is 4. The van der Waals surface area contributed by atoms with Crippen molar-refractivity contribution in [2.24, 2.45) is 0 Å². The molecule has 25 heavy (non-hydrogen) atoms. The fourth-order valence-corrected chi connectivity index (χ4v) is 2.88. The highest BCUT2D eigenvalue weighted by molar-refractivity contribution is 5.85. The molecule has 3 rings (SSSR count). The van der Waals surface area contributed by atoms with Crippen molar-refractivity contribution in [3.8, 4) is 11.3 Å². The summed E-state index contributed by atoms with van der Waals surface area (Å²) in [6, 6.07) is 4.94. The molecule has 0 saturated carbocycles. The topological polar surface area (TPSA) is 97.6 Å². The second-order valence-electron chi connectivity index (χ2n) is 5.81. The lowest BCUT2D eigenvalue weighted by atomic mass is 10.0. The summed E-state index contributed by atoms with van der Waals surface area (Å²) in [5.41, 5.74) is 1.50. The number of pyridine rings is 1. The van der Waals surface area contributed by atoms with Gasteiger partial charge in [-0.15, -0.1) is 0 Å². The van der Waals surface area contributed by atoms with Crippen LogP contribution in [0.5, 0.6) is 0 Å². The van der Waals surface area contributed by atoms with Crippen molar-refractivity contribution in [1.82, 2.24) is 20.4 Å². The Balaban J connectivity index is 1.60. The van der Waals surface area contributed by atoms with Crippen molar-refractivity contribution in [1.29, 1.82) is 0 Å². The van der Waals surface area contributed by atoms with Crippen LogP contribution in [-0.4, -0.2) is 46.7 Å². The van der Waals surface area contributed by atoms with E-state index in [1.54, 1.807) is 18.5 Å². The van der Waals surface area contributed by atoms with Crippen LogP contribution >= 0.6 is 0 Å². The monoisotopic (exact) mass is 344 g/mol. The van der Waals surface area contributed by atoms with E-state index in [4.69, 9.17) is 9.26 Å². The lowest BCUT2D eigenvalue weighted by Crippen LogP contribution is -2.51. The van der Waals surface area contributed by atoms with Crippen molar-refractivity contribution < 1.29 is 18.8 Å². The second kappa shape index (κ2) is 7.78. The third-order valence-corrected chi connectivity index (χ3v) is 4.17. The van der Waals surface area contributed by atoms with Gasteiger partial charge < -0.3 is 14.6 Å². The maximum atomic E-state index is 12.4. The number of carbonyl (C=O) groups is 2. The molecule has 8 heteroatoms. The lowest BCUT2D eigenvalue weighted by Gasteiger charge is -2.33. The van der Waals surface area contributed by atoms with Gasteiger partial charge in [-0.25, -0.2) is 4.79 Å². The highest BCUT2D eigenvalue weighted by Crippen LogP contribution is 2.19. The molecule has 1 aliphatic heterocycles. The van der Waals surface area contributed by atoms with E-state index in [2.05, 4.69) is 15.5 Å². The van der Waals surface area contributed by atoms with Gasteiger partial charge in [-0.05, 0) is 31.4 Å².